The van der Waals surface area contributed by atoms with Crippen LogP contribution in [0.25, 0.3) is 0 Å². The molecule has 0 heterocycles. The number of hydrogen-bond donors (Lipinski definition) is 2. The van der Waals surface area contributed by atoms with Gasteiger partial charge in [0.1, 0.15) is 6.04 Å². The normalized spacial score (nSPS) is 17.4. The number of likely N-dealkylation sites (N-methyl/N-ethyl adjacent to an activating group) is 1. The molecule has 1 atom stereocenters. The summed E-state index contributed by atoms with van der Waals surface area (Å²) in [5, 5.41) is 5.48. The summed E-state index contributed by atoms with van der Waals surface area (Å²) < 4.78 is 5.18. The van der Waals surface area contributed by atoms with Gasteiger partial charge in [0, 0.05) is 14.2 Å². The van der Waals surface area contributed by atoms with Crippen molar-refractivity contribution in [2.24, 2.45) is 5.41 Å². The Morgan fingerprint density at radius 2 is 1.95 bits per heavy atom. The summed E-state index contributed by atoms with van der Waals surface area (Å²) in [6.45, 7) is 0.397. The lowest BCUT2D eigenvalue weighted by Gasteiger charge is -2.40. The smallest absolute Gasteiger partial charge is 0.246 e. The fourth-order valence-electron chi connectivity index (χ4n) is 2.69. The fraction of sp³-hybridized carbons (Fsp3) is 0.500. The lowest BCUT2D eigenvalue weighted by Crippen LogP contribution is -2.51. The van der Waals surface area contributed by atoms with Crippen LogP contribution in [0.5, 0.6) is 0 Å². The number of rotatable bonds is 6. The lowest BCUT2D eigenvalue weighted by molar-refractivity contribution is -0.143. The highest BCUT2D eigenvalue weighted by Gasteiger charge is 2.45. The molecule has 1 aliphatic rings. The standard InChI is InChI=1S/C16H22N2O3/c1-17-14(19)13(12-7-4-3-5-8-12)18-15(20)16(11-21-2)9-6-10-16/h3-5,7-8,13H,6,9-11H2,1-2H3,(H,17,19)(H,18,20)/t13-/m0/s1. The number of carbonyl (C=O) groups excluding carboxylic acids is 2. The molecule has 1 saturated carbocycles. The van der Waals surface area contributed by atoms with Gasteiger partial charge in [0.15, 0.2) is 0 Å². The van der Waals surface area contributed by atoms with E-state index in [4.69, 9.17) is 4.74 Å². The van der Waals surface area contributed by atoms with Gasteiger partial charge >= 0.3 is 0 Å². The summed E-state index contributed by atoms with van der Waals surface area (Å²) in [4.78, 5) is 24.7. The fourth-order valence-corrected chi connectivity index (χ4v) is 2.69. The van der Waals surface area contributed by atoms with Crippen LogP contribution in [0.15, 0.2) is 30.3 Å². The van der Waals surface area contributed by atoms with Crippen molar-refractivity contribution in [2.45, 2.75) is 25.3 Å². The molecule has 0 aromatic heterocycles. The second-order valence-electron chi connectivity index (χ2n) is 5.50. The van der Waals surface area contributed by atoms with Crippen LogP contribution >= 0.6 is 0 Å². The number of methoxy groups -OCH3 is 1. The third-order valence-corrected chi connectivity index (χ3v) is 4.13. The molecule has 21 heavy (non-hydrogen) atoms. The Morgan fingerprint density at radius 3 is 2.43 bits per heavy atom. The number of ether oxygens (including phenoxy) is 1. The van der Waals surface area contributed by atoms with E-state index in [2.05, 4.69) is 10.6 Å². The van der Waals surface area contributed by atoms with Crippen LogP contribution in [-0.2, 0) is 14.3 Å². The van der Waals surface area contributed by atoms with Crippen molar-refractivity contribution in [3.63, 3.8) is 0 Å². The highest BCUT2D eigenvalue weighted by atomic mass is 16.5. The first-order chi connectivity index (χ1) is 10.1. The molecular formula is C16H22N2O3. The summed E-state index contributed by atoms with van der Waals surface area (Å²) in [6.07, 6.45) is 2.64. The number of amides is 2. The van der Waals surface area contributed by atoms with Crippen LogP contribution in [0.2, 0.25) is 0 Å². The first kappa shape index (κ1) is 15.5. The summed E-state index contributed by atoms with van der Waals surface area (Å²) >= 11 is 0. The van der Waals surface area contributed by atoms with Gasteiger partial charge in [-0.2, -0.15) is 0 Å². The van der Waals surface area contributed by atoms with E-state index >= 15 is 0 Å². The molecule has 0 bridgehead atoms. The van der Waals surface area contributed by atoms with Crippen LogP contribution in [0.4, 0.5) is 0 Å². The molecule has 2 N–H and O–H groups in total. The van der Waals surface area contributed by atoms with Gasteiger partial charge in [-0.05, 0) is 18.4 Å². The Morgan fingerprint density at radius 1 is 1.29 bits per heavy atom. The SMILES string of the molecule is CNC(=O)[C@@H](NC(=O)C1(COC)CCC1)c1ccccc1. The van der Waals surface area contributed by atoms with E-state index in [1.54, 1.807) is 14.2 Å². The second-order valence-corrected chi connectivity index (χ2v) is 5.50. The monoisotopic (exact) mass is 290 g/mol. The van der Waals surface area contributed by atoms with Crippen LogP contribution in [0.1, 0.15) is 30.9 Å². The molecule has 114 valence electrons. The first-order valence-corrected chi connectivity index (χ1v) is 7.19. The molecule has 2 amide bonds. The molecule has 0 spiro atoms. The van der Waals surface area contributed by atoms with Crippen LogP contribution in [0, 0.1) is 5.41 Å². The lowest BCUT2D eigenvalue weighted by atomic mass is 9.68. The van der Waals surface area contributed by atoms with Gasteiger partial charge in [-0.25, -0.2) is 0 Å². The van der Waals surface area contributed by atoms with Crippen LogP contribution in [-0.4, -0.2) is 32.6 Å². The quantitative estimate of drug-likeness (QED) is 0.832. The largest absolute Gasteiger partial charge is 0.384 e. The third-order valence-electron chi connectivity index (χ3n) is 4.13. The van der Waals surface area contributed by atoms with Crippen molar-refractivity contribution < 1.29 is 14.3 Å². The predicted octanol–water partition coefficient (Wildman–Crippen LogP) is 1.41. The van der Waals surface area contributed by atoms with Crippen molar-refractivity contribution in [1.82, 2.24) is 10.6 Å². The molecule has 0 radical (unpaired) electrons. The number of benzene rings is 1. The van der Waals surface area contributed by atoms with E-state index in [1.165, 1.54) is 0 Å². The van der Waals surface area contributed by atoms with Crippen molar-refractivity contribution in [2.75, 3.05) is 20.8 Å². The molecule has 2 rings (SSSR count). The third kappa shape index (κ3) is 3.24. The topological polar surface area (TPSA) is 67.4 Å². The van der Waals surface area contributed by atoms with Crippen LogP contribution < -0.4 is 10.6 Å². The maximum Gasteiger partial charge on any atom is 0.246 e. The molecule has 1 aromatic carbocycles. The summed E-state index contributed by atoms with van der Waals surface area (Å²) in [5.74, 6) is -0.325. The van der Waals surface area contributed by atoms with Gasteiger partial charge in [0.05, 0.1) is 12.0 Å². The zero-order valence-corrected chi connectivity index (χ0v) is 12.5. The zero-order valence-electron chi connectivity index (χ0n) is 12.5. The average Bonchev–Trinajstić information content (AvgIpc) is 2.48. The van der Waals surface area contributed by atoms with Gasteiger partial charge in [0.2, 0.25) is 11.8 Å². The molecule has 5 nitrogen and oxygen atoms in total. The molecule has 5 heteroatoms. The van der Waals surface area contributed by atoms with E-state index in [0.717, 1.165) is 24.8 Å². The van der Waals surface area contributed by atoms with E-state index in [1.807, 2.05) is 30.3 Å². The Hall–Kier alpha value is -1.88. The maximum absolute atomic E-state index is 12.6. The van der Waals surface area contributed by atoms with Gasteiger partial charge in [0.25, 0.3) is 0 Å². The number of hydrogen-bond acceptors (Lipinski definition) is 3. The Kier molecular flexibility index (Phi) is 4.96. The van der Waals surface area contributed by atoms with Gasteiger partial charge < -0.3 is 15.4 Å². The van der Waals surface area contributed by atoms with Crippen molar-refractivity contribution >= 4 is 11.8 Å². The minimum atomic E-state index is -0.668. The van der Waals surface area contributed by atoms with E-state index in [-0.39, 0.29) is 11.8 Å². The Labute approximate surface area is 125 Å². The average molecular weight is 290 g/mol. The minimum Gasteiger partial charge on any atom is -0.384 e. The van der Waals surface area contributed by atoms with Crippen molar-refractivity contribution in [1.29, 1.82) is 0 Å². The molecule has 1 fully saturated rings. The Balaban J connectivity index is 2.16. The highest BCUT2D eigenvalue weighted by Crippen LogP contribution is 2.41. The van der Waals surface area contributed by atoms with Gasteiger partial charge in [-0.3, -0.25) is 9.59 Å². The highest BCUT2D eigenvalue weighted by molar-refractivity contribution is 5.91. The molecule has 0 unspecified atom stereocenters. The summed E-state index contributed by atoms with van der Waals surface area (Å²) in [7, 11) is 3.17. The molecular weight excluding hydrogens is 268 g/mol. The Bertz CT molecular complexity index is 498. The molecule has 0 saturated heterocycles. The van der Waals surface area contributed by atoms with E-state index in [0.29, 0.717) is 6.61 Å². The van der Waals surface area contributed by atoms with Crippen molar-refractivity contribution in [3.05, 3.63) is 35.9 Å². The number of carbonyl (C=O) groups is 2. The van der Waals surface area contributed by atoms with Gasteiger partial charge in [-0.1, -0.05) is 36.8 Å². The zero-order chi connectivity index (χ0) is 15.3. The second kappa shape index (κ2) is 6.72. The maximum atomic E-state index is 12.6. The van der Waals surface area contributed by atoms with Crippen molar-refractivity contribution in [3.8, 4) is 0 Å². The summed E-state index contributed by atoms with van der Waals surface area (Å²) in [5.41, 5.74) is 0.299. The molecule has 1 aromatic rings. The molecule has 0 aliphatic heterocycles. The van der Waals surface area contributed by atoms with Gasteiger partial charge in [-0.15, -0.1) is 0 Å². The number of nitrogens with one attached hydrogen (secondary N) is 2. The minimum absolute atomic E-state index is 0.104. The predicted molar refractivity (Wildman–Crippen MR) is 79.6 cm³/mol. The van der Waals surface area contributed by atoms with E-state index in [9.17, 15) is 9.59 Å². The van der Waals surface area contributed by atoms with Crippen LogP contribution in [0.3, 0.4) is 0 Å². The van der Waals surface area contributed by atoms with E-state index < -0.39 is 11.5 Å². The summed E-state index contributed by atoms with van der Waals surface area (Å²) in [6, 6.07) is 8.59. The molecule has 1 aliphatic carbocycles. The first-order valence-electron chi connectivity index (χ1n) is 7.19.